The van der Waals surface area contributed by atoms with Crippen LogP contribution in [0.25, 0.3) is 0 Å². The second kappa shape index (κ2) is 9.08. The van der Waals surface area contributed by atoms with Gasteiger partial charge in [0.05, 0.1) is 13.2 Å². The van der Waals surface area contributed by atoms with E-state index in [9.17, 15) is 9.59 Å². The molecule has 1 aromatic rings. The van der Waals surface area contributed by atoms with Crippen molar-refractivity contribution >= 4 is 24.1 Å². The zero-order valence-electron chi connectivity index (χ0n) is 11.5. The lowest BCUT2D eigenvalue weighted by molar-refractivity contribution is 0.106. The monoisotopic (exact) mass is 298 g/mol. The highest BCUT2D eigenvalue weighted by molar-refractivity contribution is 7.96. The molecule has 0 bridgehead atoms. The molecule has 0 aliphatic rings. The van der Waals surface area contributed by atoms with Crippen molar-refractivity contribution in [3.8, 4) is 0 Å². The van der Waals surface area contributed by atoms with Crippen molar-refractivity contribution in [2.24, 2.45) is 0 Å². The van der Waals surface area contributed by atoms with E-state index in [-0.39, 0.29) is 13.2 Å². The fourth-order valence-corrected chi connectivity index (χ4v) is 2.04. The number of nitrogens with zero attached hydrogens (tertiary/aromatic N) is 1. The second-order valence-corrected chi connectivity index (χ2v) is 4.50. The van der Waals surface area contributed by atoms with Gasteiger partial charge in [-0.25, -0.2) is 15.0 Å². The Labute approximate surface area is 122 Å². The van der Waals surface area contributed by atoms with Gasteiger partial charge in [0.15, 0.2) is 0 Å². The summed E-state index contributed by atoms with van der Waals surface area (Å²) in [6.07, 6.45) is -1.33. The van der Waals surface area contributed by atoms with E-state index >= 15 is 0 Å². The first-order valence-corrected chi connectivity index (χ1v) is 7.18. The van der Waals surface area contributed by atoms with E-state index in [1.54, 1.807) is 13.8 Å². The Morgan fingerprint density at radius 3 is 2.40 bits per heavy atom. The van der Waals surface area contributed by atoms with E-state index in [1.807, 2.05) is 30.3 Å². The minimum absolute atomic E-state index is 0.228. The summed E-state index contributed by atoms with van der Waals surface area (Å²) < 4.78 is 10.6. The molecule has 1 N–H and O–H groups in total. The molecule has 0 fully saturated rings. The van der Waals surface area contributed by atoms with Gasteiger partial charge in [0.1, 0.15) is 0 Å². The number of nitrogens with one attached hydrogen (secondary N) is 1. The quantitative estimate of drug-likeness (QED) is 0.668. The molecule has 2 amide bonds. The third-order valence-corrected chi connectivity index (χ3v) is 3.07. The Kier molecular flexibility index (Phi) is 7.34. The van der Waals surface area contributed by atoms with Crippen molar-refractivity contribution in [2.75, 3.05) is 13.2 Å². The summed E-state index contributed by atoms with van der Waals surface area (Å²) >= 11 is 1.12. The van der Waals surface area contributed by atoms with Gasteiger partial charge in [0, 0.05) is 5.75 Å². The summed E-state index contributed by atoms with van der Waals surface area (Å²) in [5.74, 6) is 0.520. The van der Waals surface area contributed by atoms with Crippen LogP contribution in [0.3, 0.4) is 0 Å². The number of carbonyl (C=O) groups is 2. The molecule has 0 spiro atoms. The number of ether oxygens (including phenoxy) is 2. The summed E-state index contributed by atoms with van der Waals surface area (Å²) in [5.41, 5.74) is 3.36. The number of benzene rings is 1. The zero-order valence-corrected chi connectivity index (χ0v) is 12.3. The van der Waals surface area contributed by atoms with Gasteiger partial charge in [-0.3, -0.25) is 0 Å². The van der Waals surface area contributed by atoms with Crippen molar-refractivity contribution in [1.29, 1.82) is 0 Å². The van der Waals surface area contributed by atoms with E-state index in [4.69, 9.17) is 9.47 Å². The number of hydrogen-bond acceptors (Lipinski definition) is 5. The molecule has 7 heteroatoms. The highest BCUT2D eigenvalue weighted by atomic mass is 32.2. The van der Waals surface area contributed by atoms with E-state index in [0.717, 1.165) is 21.9 Å². The minimum Gasteiger partial charge on any atom is -0.449 e. The van der Waals surface area contributed by atoms with Crippen molar-refractivity contribution in [3.63, 3.8) is 0 Å². The molecule has 0 radical (unpaired) electrons. The number of carbonyl (C=O) groups excluding carboxylic acids is 2. The van der Waals surface area contributed by atoms with Gasteiger partial charge in [0.25, 0.3) is 0 Å². The molecule has 6 nitrogen and oxygen atoms in total. The summed E-state index contributed by atoms with van der Waals surface area (Å²) in [5, 5.41) is 0. The van der Waals surface area contributed by atoms with E-state index in [1.165, 1.54) is 0 Å². The summed E-state index contributed by atoms with van der Waals surface area (Å²) in [6, 6.07) is 9.59. The second-order valence-electron chi connectivity index (χ2n) is 3.58. The first-order valence-electron chi connectivity index (χ1n) is 6.24. The standard InChI is InChI=1S/C13H18N2O4S/c1-3-18-12(16)14-15(13(17)19-4-2)20-10-11-8-6-5-7-9-11/h5-9H,3-4,10H2,1-2H3,(H,14,16). The van der Waals surface area contributed by atoms with Gasteiger partial charge in [0.2, 0.25) is 0 Å². The summed E-state index contributed by atoms with van der Waals surface area (Å²) in [6.45, 7) is 3.84. The Morgan fingerprint density at radius 1 is 1.15 bits per heavy atom. The van der Waals surface area contributed by atoms with Crippen LogP contribution in [0.2, 0.25) is 0 Å². The fraction of sp³-hybridized carbons (Fsp3) is 0.385. The normalized spacial score (nSPS) is 9.70. The topological polar surface area (TPSA) is 67.9 Å². The number of rotatable bonds is 5. The van der Waals surface area contributed by atoms with Crippen molar-refractivity contribution in [3.05, 3.63) is 35.9 Å². The van der Waals surface area contributed by atoms with Crippen LogP contribution in [0.1, 0.15) is 19.4 Å². The van der Waals surface area contributed by atoms with Crippen LogP contribution >= 0.6 is 11.9 Å². The van der Waals surface area contributed by atoms with Gasteiger partial charge < -0.3 is 9.47 Å². The van der Waals surface area contributed by atoms with Crippen LogP contribution in [0.4, 0.5) is 9.59 Å². The Balaban J connectivity index is 2.57. The number of hydrogen-bond donors (Lipinski definition) is 1. The average molecular weight is 298 g/mol. The molecular formula is C13H18N2O4S. The first kappa shape index (κ1) is 16.2. The predicted molar refractivity (Wildman–Crippen MR) is 76.8 cm³/mol. The summed E-state index contributed by atoms with van der Waals surface area (Å²) in [4.78, 5) is 23.1. The van der Waals surface area contributed by atoms with Crippen LogP contribution in [0, 0.1) is 0 Å². The van der Waals surface area contributed by atoms with Gasteiger partial charge >= 0.3 is 12.2 Å². The molecule has 20 heavy (non-hydrogen) atoms. The number of amides is 2. The smallest absolute Gasteiger partial charge is 0.439 e. The Hall–Kier alpha value is -1.89. The van der Waals surface area contributed by atoms with E-state index in [2.05, 4.69) is 5.43 Å². The minimum atomic E-state index is -0.693. The average Bonchev–Trinajstić information content (AvgIpc) is 2.45. The van der Waals surface area contributed by atoms with Crippen LogP contribution < -0.4 is 5.43 Å². The lowest BCUT2D eigenvalue weighted by Gasteiger charge is -2.20. The molecule has 0 saturated carbocycles. The molecule has 1 rings (SSSR count). The van der Waals surface area contributed by atoms with Gasteiger partial charge in [-0.15, -0.1) is 0 Å². The van der Waals surface area contributed by atoms with Gasteiger partial charge in [-0.1, -0.05) is 30.3 Å². The maximum absolute atomic E-state index is 11.7. The summed E-state index contributed by atoms with van der Waals surface area (Å²) in [7, 11) is 0. The van der Waals surface area contributed by atoms with Crippen LogP contribution in [0.5, 0.6) is 0 Å². The van der Waals surface area contributed by atoms with Gasteiger partial charge in [-0.2, -0.15) is 4.41 Å². The van der Waals surface area contributed by atoms with Crippen LogP contribution in [0.15, 0.2) is 30.3 Å². The molecule has 0 aliphatic heterocycles. The van der Waals surface area contributed by atoms with Crippen molar-refractivity contribution < 1.29 is 19.1 Å². The predicted octanol–water partition coefficient (Wildman–Crippen LogP) is 2.95. The SMILES string of the molecule is CCOC(=O)NN(SCc1ccccc1)C(=O)OCC. The molecule has 110 valence electrons. The number of hydrazine groups is 1. The first-order chi connectivity index (χ1) is 9.67. The van der Waals surface area contributed by atoms with Crippen molar-refractivity contribution in [2.45, 2.75) is 19.6 Å². The zero-order chi connectivity index (χ0) is 14.8. The molecule has 0 atom stereocenters. The van der Waals surface area contributed by atoms with Crippen LogP contribution in [-0.4, -0.2) is 29.8 Å². The fourth-order valence-electron chi connectivity index (χ4n) is 1.27. The third-order valence-electron chi connectivity index (χ3n) is 2.11. The Morgan fingerprint density at radius 2 is 1.80 bits per heavy atom. The Bertz CT molecular complexity index is 428. The maximum Gasteiger partial charge on any atom is 0.439 e. The highest BCUT2D eigenvalue weighted by Gasteiger charge is 2.19. The lowest BCUT2D eigenvalue weighted by atomic mass is 10.2. The van der Waals surface area contributed by atoms with Crippen molar-refractivity contribution in [1.82, 2.24) is 9.84 Å². The van der Waals surface area contributed by atoms with E-state index in [0.29, 0.717) is 5.75 Å². The molecule has 1 aromatic carbocycles. The molecular weight excluding hydrogens is 280 g/mol. The van der Waals surface area contributed by atoms with Gasteiger partial charge in [-0.05, 0) is 31.4 Å². The highest BCUT2D eigenvalue weighted by Crippen LogP contribution is 2.16. The van der Waals surface area contributed by atoms with E-state index < -0.39 is 12.2 Å². The third kappa shape index (κ3) is 5.83. The molecule has 0 unspecified atom stereocenters. The molecule has 0 aliphatic carbocycles. The molecule has 0 aromatic heterocycles. The molecule has 0 heterocycles. The molecule has 0 saturated heterocycles. The lowest BCUT2D eigenvalue weighted by Crippen LogP contribution is -2.42. The maximum atomic E-state index is 11.7. The largest absolute Gasteiger partial charge is 0.449 e. The van der Waals surface area contributed by atoms with Crippen LogP contribution in [-0.2, 0) is 15.2 Å².